The van der Waals surface area contributed by atoms with Crippen LogP contribution in [0, 0.1) is 56.2 Å². The topological polar surface area (TPSA) is 114 Å². The van der Waals surface area contributed by atoms with Crippen LogP contribution in [0.15, 0.2) is 30.3 Å². The Hall–Kier alpha value is -2.88. The van der Waals surface area contributed by atoms with Crippen molar-refractivity contribution in [3.63, 3.8) is 0 Å². The highest BCUT2D eigenvalue weighted by Crippen LogP contribution is 2.66. The quantitative estimate of drug-likeness (QED) is 0.856. The Labute approximate surface area is 134 Å². The molecule has 1 N–H and O–H groups in total. The van der Waals surface area contributed by atoms with Crippen LogP contribution in [0.5, 0.6) is 0 Å². The fraction of sp³-hybridized carbons (Fsp3) is 0.412. The van der Waals surface area contributed by atoms with Crippen molar-refractivity contribution in [1.82, 2.24) is 0 Å². The third-order valence-electron chi connectivity index (χ3n) is 5.10. The Balaban J connectivity index is 2.35. The van der Waals surface area contributed by atoms with E-state index >= 15 is 0 Å². The first-order valence-electron chi connectivity index (χ1n) is 7.16. The van der Waals surface area contributed by atoms with Gasteiger partial charge >= 0.3 is 0 Å². The fourth-order valence-corrected chi connectivity index (χ4v) is 3.60. The van der Waals surface area contributed by atoms with E-state index < -0.39 is 28.6 Å². The van der Waals surface area contributed by atoms with Gasteiger partial charge in [-0.1, -0.05) is 37.3 Å². The zero-order valence-corrected chi connectivity index (χ0v) is 12.7. The van der Waals surface area contributed by atoms with E-state index in [0.717, 1.165) is 0 Å². The van der Waals surface area contributed by atoms with Gasteiger partial charge in [0.2, 0.25) is 11.7 Å². The van der Waals surface area contributed by atoms with Gasteiger partial charge in [0.05, 0.1) is 24.1 Å². The number of benzene rings is 1. The molecule has 3 fully saturated rings. The predicted molar refractivity (Wildman–Crippen MR) is 78.4 cm³/mol. The maximum atomic E-state index is 9.91. The highest BCUT2D eigenvalue weighted by atomic mass is 16.7. The second-order valence-electron chi connectivity index (χ2n) is 6.03. The molecule has 4 atom stereocenters. The second-order valence-corrected chi connectivity index (χ2v) is 6.03. The molecule has 2 bridgehead atoms. The lowest BCUT2D eigenvalue weighted by Gasteiger charge is -2.60. The van der Waals surface area contributed by atoms with E-state index in [1.807, 2.05) is 24.3 Å². The van der Waals surface area contributed by atoms with Gasteiger partial charge in [-0.3, -0.25) is 5.41 Å². The molecular formula is C17H14N4O2. The summed E-state index contributed by atoms with van der Waals surface area (Å²) < 4.78 is 11.5. The van der Waals surface area contributed by atoms with Gasteiger partial charge in [-0.2, -0.15) is 15.8 Å². The normalized spacial score (nSPS) is 37.1. The first kappa shape index (κ1) is 15.0. The van der Waals surface area contributed by atoms with Gasteiger partial charge in [0.25, 0.3) is 0 Å². The van der Waals surface area contributed by atoms with Crippen LogP contribution in [-0.4, -0.2) is 11.7 Å². The van der Waals surface area contributed by atoms with Crippen molar-refractivity contribution in [3.8, 4) is 18.2 Å². The molecule has 0 saturated carbocycles. The van der Waals surface area contributed by atoms with Crippen molar-refractivity contribution < 1.29 is 9.47 Å². The van der Waals surface area contributed by atoms with Crippen molar-refractivity contribution in [2.75, 3.05) is 0 Å². The predicted octanol–water partition coefficient (Wildman–Crippen LogP) is 2.66. The van der Waals surface area contributed by atoms with E-state index in [2.05, 4.69) is 0 Å². The van der Waals surface area contributed by atoms with Gasteiger partial charge in [-0.25, -0.2) is 0 Å². The summed E-state index contributed by atoms with van der Waals surface area (Å²) in [5.41, 5.74) is -2.91. The van der Waals surface area contributed by atoms with Gasteiger partial charge in [-0.15, -0.1) is 0 Å². The minimum Gasteiger partial charge on any atom is -0.448 e. The highest BCUT2D eigenvalue weighted by molar-refractivity contribution is 5.88. The number of nitrogens with one attached hydrogen (secondary N) is 1. The number of ether oxygens (including phenoxy) is 2. The molecule has 6 nitrogen and oxygen atoms in total. The molecule has 23 heavy (non-hydrogen) atoms. The molecule has 0 spiro atoms. The molecule has 0 amide bonds. The average Bonchev–Trinajstić information content (AvgIpc) is 2.57. The molecule has 1 aromatic carbocycles. The van der Waals surface area contributed by atoms with Crippen LogP contribution in [0.25, 0.3) is 0 Å². The first-order valence-corrected chi connectivity index (χ1v) is 7.16. The second kappa shape index (κ2) is 4.56. The van der Waals surface area contributed by atoms with Crippen LogP contribution in [0.2, 0.25) is 0 Å². The smallest absolute Gasteiger partial charge is 0.215 e. The fourth-order valence-electron chi connectivity index (χ4n) is 3.60. The Morgan fingerprint density at radius 3 is 2.22 bits per heavy atom. The maximum Gasteiger partial charge on any atom is 0.215 e. The standard InChI is InChI=1S/C17H14N4O2/c1-11-15(2)22-13(12-6-4-3-5-7-12)17(10-20,14(21)23-15)16(11,8-18)9-19/h3-7,11,13,21H,1-2H3/t11-,13+,15-,17-/m1/s1. The Bertz CT molecular complexity index is 787. The zero-order valence-electron chi connectivity index (χ0n) is 12.7. The Morgan fingerprint density at radius 2 is 1.70 bits per heavy atom. The lowest BCUT2D eigenvalue weighted by atomic mass is 9.51. The number of rotatable bonds is 1. The number of hydrogen-bond donors (Lipinski definition) is 1. The van der Waals surface area contributed by atoms with Gasteiger partial charge in [0.15, 0.2) is 10.8 Å². The monoisotopic (exact) mass is 306 g/mol. The summed E-state index contributed by atoms with van der Waals surface area (Å²) in [6, 6.07) is 14.9. The molecule has 3 saturated heterocycles. The highest BCUT2D eigenvalue weighted by Gasteiger charge is 2.77. The third kappa shape index (κ3) is 1.50. The largest absolute Gasteiger partial charge is 0.448 e. The molecule has 0 aliphatic carbocycles. The molecule has 3 aliphatic rings. The van der Waals surface area contributed by atoms with E-state index in [1.54, 1.807) is 38.1 Å². The zero-order chi connectivity index (χ0) is 16.9. The van der Waals surface area contributed by atoms with Crippen LogP contribution in [-0.2, 0) is 9.47 Å². The molecule has 6 heteroatoms. The van der Waals surface area contributed by atoms with E-state index in [9.17, 15) is 15.8 Å². The number of nitrogens with zero attached hydrogens (tertiary/aromatic N) is 3. The van der Waals surface area contributed by atoms with E-state index in [4.69, 9.17) is 14.9 Å². The molecule has 0 aromatic heterocycles. The molecule has 0 radical (unpaired) electrons. The lowest BCUT2D eigenvalue weighted by molar-refractivity contribution is -0.338. The summed E-state index contributed by atoms with van der Waals surface area (Å²) >= 11 is 0. The van der Waals surface area contributed by atoms with E-state index in [0.29, 0.717) is 5.56 Å². The third-order valence-corrected chi connectivity index (χ3v) is 5.10. The maximum absolute atomic E-state index is 9.91. The SMILES string of the molecule is C[C@H]1C(C#N)(C#N)[C@@]2(C#N)C(=N)O[C@@]1(C)O[C@H]2c1ccccc1. The van der Waals surface area contributed by atoms with Crippen molar-refractivity contribution in [3.05, 3.63) is 35.9 Å². The molecule has 4 rings (SSSR count). The van der Waals surface area contributed by atoms with Crippen LogP contribution in [0.1, 0.15) is 25.5 Å². The number of hydrogen-bond acceptors (Lipinski definition) is 6. The Morgan fingerprint density at radius 1 is 1.09 bits per heavy atom. The number of nitriles is 3. The summed E-state index contributed by atoms with van der Waals surface area (Å²) in [7, 11) is 0. The van der Waals surface area contributed by atoms with Crippen molar-refractivity contribution >= 4 is 5.90 Å². The van der Waals surface area contributed by atoms with E-state index in [1.165, 1.54) is 0 Å². The van der Waals surface area contributed by atoms with Crippen LogP contribution in [0.4, 0.5) is 0 Å². The summed E-state index contributed by atoms with van der Waals surface area (Å²) in [6.07, 6.45) is -0.921. The molecule has 1 aromatic rings. The summed E-state index contributed by atoms with van der Waals surface area (Å²) in [5, 5.41) is 37.8. The molecule has 114 valence electrons. The van der Waals surface area contributed by atoms with E-state index in [-0.39, 0.29) is 5.90 Å². The van der Waals surface area contributed by atoms with Crippen LogP contribution < -0.4 is 0 Å². The summed E-state index contributed by atoms with van der Waals surface area (Å²) in [4.78, 5) is 0. The minimum absolute atomic E-state index is 0.385. The summed E-state index contributed by atoms with van der Waals surface area (Å²) in [6.45, 7) is 3.25. The van der Waals surface area contributed by atoms with Gasteiger partial charge in [0, 0.05) is 6.92 Å². The molecule has 3 aliphatic heterocycles. The van der Waals surface area contributed by atoms with Crippen LogP contribution >= 0.6 is 0 Å². The van der Waals surface area contributed by atoms with Gasteiger partial charge < -0.3 is 9.47 Å². The average molecular weight is 306 g/mol. The molecule has 3 heterocycles. The van der Waals surface area contributed by atoms with Gasteiger partial charge in [0.1, 0.15) is 6.10 Å². The van der Waals surface area contributed by atoms with Crippen molar-refractivity contribution in [2.45, 2.75) is 25.7 Å². The van der Waals surface area contributed by atoms with Crippen molar-refractivity contribution in [1.29, 1.82) is 21.2 Å². The lowest BCUT2D eigenvalue weighted by Crippen LogP contribution is -2.71. The first-order chi connectivity index (χ1) is 10.9. The molecular weight excluding hydrogens is 292 g/mol. The van der Waals surface area contributed by atoms with Crippen molar-refractivity contribution in [2.24, 2.45) is 16.7 Å². The molecule has 0 unspecified atom stereocenters. The van der Waals surface area contributed by atoms with Crippen LogP contribution in [0.3, 0.4) is 0 Å². The number of fused-ring (bicyclic) bond motifs is 3. The Kier molecular flexibility index (Phi) is 2.98. The summed E-state index contributed by atoms with van der Waals surface area (Å²) in [5.74, 6) is -2.40. The minimum atomic E-state index is -1.81. The van der Waals surface area contributed by atoms with Gasteiger partial charge in [-0.05, 0) is 5.56 Å².